The maximum atomic E-state index is 11.7. The van der Waals surface area contributed by atoms with Crippen molar-refractivity contribution in [2.45, 2.75) is 44.6 Å². The minimum absolute atomic E-state index is 0.128. The van der Waals surface area contributed by atoms with E-state index in [-0.39, 0.29) is 18.6 Å². The van der Waals surface area contributed by atoms with Crippen LogP contribution in [0.3, 0.4) is 0 Å². The molecule has 2 fully saturated rings. The molecule has 2 aliphatic carbocycles. The van der Waals surface area contributed by atoms with Gasteiger partial charge in [0.25, 0.3) is 0 Å². The molecular weight excluding hydrogens is 230 g/mol. The predicted molar refractivity (Wildman–Crippen MR) is 69.1 cm³/mol. The zero-order valence-electron chi connectivity index (χ0n) is 11.2. The number of nitrogens with one attached hydrogen (secondary N) is 1. The lowest BCUT2D eigenvalue weighted by Crippen LogP contribution is -2.43. The van der Waals surface area contributed by atoms with E-state index in [1.807, 2.05) is 0 Å². The molecule has 0 aromatic rings. The normalized spacial score (nSPS) is 29.9. The molecule has 0 amide bonds. The molecule has 2 rings (SSSR count). The van der Waals surface area contributed by atoms with Gasteiger partial charge in [0.05, 0.1) is 7.11 Å². The lowest BCUT2D eigenvalue weighted by molar-refractivity contribution is -0.143. The van der Waals surface area contributed by atoms with Crippen molar-refractivity contribution in [3.8, 4) is 0 Å². The summed E-state index contributed by atoms with van der Waals surface area (Å²) in [5.74, 6) is 1.25. The number of carbonyl (C=O) groups excluding carboxylic acids is 1. The third-order valence-corrected chi connectivity index (χ3v) is 4.45. The number of esters is 1. The molecule has 2 aliphatic rings. The van der Waals surface area contributed by atoms with Crippen LogP contribution in [-0.2, 0) is 9.53 Å². The van der Waals surface area contributed by atoms with Crippen molar-refractivity contribution in [3.05, 3.63) is 0 Å². The van der Waals surface area contributed by atoms with E-state index in [9.17, 15) is 9.90 Å². The zero-order valence-corrected chi connectivity index (χ0v) is 11.2. The average Bonchev–Trinajstić information content (AvgIpc) is 3.23. The van der Waals surface area contributed by atoms with E-state index < -0.39 is 0 Å². The molecule has 0 spiro atoms. The van der Waals surface area contributed by atoms with Crippen LogP contribution in [0.5, 0.6) is 0 Å². The van der Waals surface area contributed by atoms with Crippen molar-refractivity contribution in [1.82, 2.24) is 5.32 Å². The number of ether oxygens (including phenoxy) is 1. The summed E-state index contributed by atoms with van der Waals surface area (Å²) < 4.78 is 4.86. The van der Waals surface area contributed by atoms with Gasteiger partial charge in [-0.3, -0.25) is 4.79 Å². The second-order valence-corrected chi connectivity index (χ2v) is 5.73. The van der Waals surface area contributed by atoms with Crippen LogP contribution in [0.4, 0.5) is 0 Å². The number of carbonyl (C=O) groups is 1. The van der Waals surface area contributed by atoms with E-state index in [0.29, 0.717) is 17.8 Å². The Bertz CT molecular complexity index is 278. The lowest BCUT2D eigenvalue weighted by atomic mass is 9.79. The Morgan fingerprint density at radius 3 is 2.50 bits per heavy atom. The quantitative estimate of drug-likeness (QED) is 0.703. The van der Waals surface area contributed by atoms with Gasteiger partial charge in [-0.2, -0.15) is 0 Å². The first-order valence-electron chi connectivity index (χ1n) is 7.18. The Kier molecular flexibility index (Phi) is 5.01. The molecule has 2 saturated carbocycles. The molecule has 0 bridgehead atoms. The van der Waals surface area contributed by atoms with E-state index in [1.165, 1.54) is 20.0 Å². The summed E-state index contributed by atoms with van der Waals surface area (Å²) in [6.45, 7) is 1.11. The summed E-state index contributed by atoms with van der Waals surface area (Å²) in [6, 6.07) is -0.128. The Hall–Kier alpha value is -0.610. The Morgan fingerprint density at radius 2 is 1.94 bits per heavy atom. The third kappa shape index (κ3) is 3.45. The van der Waals surface area contributed by atoms with Crippen LogP contribution >= 0.6 is 0 Å². The maximum absolute atomic E-state index is 11.7. The van der Waals surface area contributed by atoms with Gasteiger partial charge in [-0.1, -0.05) is 12.8 Å². The first-order chi connectivity index (χ1) is 8.76. The van der Waals surface area contributed by atoms with Crippen molar-refractivity contribution in [2.24, 2.45) is 17.8 Å². The van der Waals surface area contributed by atoms with Crippen LogP contribution < -0.4 is 5.32 Å². The fraction of sp³-hybridized carbons (Fsp3) is 0.929. The van der Waals surface area contributed by atoms with Gasteiger partial charge in [-0.05, 0) is 50.0 Å². The fourth-order valence-corrected chi connectivity index (χ4v) is 3.07. The second-order valence-electron chi connectivity index (χ2n) is 5.73. The summed E-state index contributed by atoms with van der Waals surface area (Å²) in [5.41, 5.74) is 0. The largest absolute Gasteiger partial charge is 0.468 e. The molecule has 3 unspecified atom stereocenters. The molecule has 0 aromatic carbocycles. The van der Waals surface area contributed by atoms with E-state index in [1.54, 1.807) is 0 Å². The summed E-state index contributed by atoms with van der Waals surface area (Å²) >= 11 is 0. The van der Waals surface area contributed by atoms with Crippen LogP contribution in [-0.4, -0.2) is 37.4 Å². The van der Waals surface area contributed by atoms with Gasteiger partial charge in [0.2, 0.25) is 0 Å². The molecule has 18 heavy (non-hydrogen) atoms. The Balaban J connectivity index is 1.82. The van der Waals surface area contributed by atoms with Crippen LogP contribution in [0.25, 0.3) is 0 Å². The van der Waals surface area contributed by atoms with Gasteiger partial charge in [0.15, 0.2) is 0 Å². The van der Waals surface area contributed by atoms with Crippen molar-refractivity contribution in [1.29, 1.82) is 0 Å². The minimum atomic E-state index is -0.131. The van der Waals surface area contributed by atoms with Gasteiger partial charge in [-0.25, -0.2) is 0 Å². The molecule has 0 aromatic heterocycles. The molecule has 4 nitrogen and oxygen atoms in total. The van der Waals surface area contributed by atoms with Crippen LogP contribution in [0.2, 0.25) is 0 Å². The highest BCUT2D eigenvalue weighted by Crippen LogP contribution is 2.34. The number of aliphatic hydroxyl groups excluding tert-OH is 1. The van der Waals surface area contributed by atoms with Crippen LogP contribution in [0.1, 0.15) is 38.5 Å². The number of rotatable bonds is 6. The first kappa shape index (κ1) is 13.8. The number of hydrogen-bond donors (Lipinski definition) is 2. The highest BCUT2D eigenvalue weighted by molar-refractivity contribution is 5.76. The van der Waals surface area contributed by atoms with Crippen LogP contribution in [0.15, 0.2) is 0 Å². The monoisotopic (exact) mass is 255 g/mol. The summed E-state index contributed by atoms with van der Waals surface area (Å²) in [5, 5.41) is 12.8. The lowest BCUT2D eigenvalue weighted by Gasteiger charge is -2.31. The number of hydrogen-bond acceptors (Lipinski definition) is 4. The molecule has 0 aliphatic heterocycles. The van der Waals surface area contributed by atoms with Gasteiger partial charge in [-0.15, -0.1) is 0 Å². The Morgan fingerprint density at radius 1 is 1.28 bits per heavy atom. The third-order valence-electron chi connectivity index (χ3n) is 4.45. The van der Waals surface area contributed by atoms with E-state index in [4.69, 9.17) is 4.74 Å². The molecule has 104 valence electrons. The van der Waals surface area contributed by atoms with E-state index >= 15 is 0 Å². The standard InChI is InChI=1S/C14H25NO3/c1-18-14(17)13(10-6-7-10)15-8-11-4-2-3-5-12(11)9-16/h10-13,15-16H,2-9H2,1H3. The van der Waals surface area contributed by atoms with Crippen molar-refractivity contribution in [2.75, 3.05) is 20.3 Å². The summed E-state index contributed by atoms with van der Waals surface area (Å²) in [7, 11) is 1.45. The van der Waals surface area contributed by atoms with Gasteiger partial charge in [0.1, 0.15) is 6.04 Å². The topological polar surface area (TPSA) is 58.6 Å². The van der Waals surface area contributed by atoms with Gasteiger partial charge < -0.3 is 15.2 Å². The summed E-state index contributed by atoms with van der Waals surface area (Å²) in [6.07, 6.45) is 7.01. The first-order valence-corrected chi connectivity index (χ1v) is 7.18. The molecule has 4 heteroatoms. The highest BCUT2D eigenvalue weighted by atomic mass is 16.5. The van der Waals surface area contributed by atoms with Crippen molar-refractivity contribution in [3.63, 3.8) is 0 Å². The predicted octanol–water partition coefficient (Wildman–Crippen LogP) is 1.33. The van der Waals surface area contributed by atoms with Crippen molar-refractivity contribution >= 4 is 5.97 Å². The average molecular weight is 255 g/mol. The summed E-state index contributed by atoms with van der Waals surface area (Å²) in [4.78, 5) is 11.7. The zero-order chi connectivity index (χ0) is 13.0. The second kappa shape index (κ2) is 6.53. The smallest absolute Gasteiger partial charge is 0.323 e. The highest BCUT2D eigenvalue weighted by Gasteiger charge is 2.37. The number of methoxy groups -OCH3 is 1. The molecule has 3 atom stereocenters. The molecule has 2 N–H and O–H groups in total. The molecular formula is C14H25NO3. The van der Waals surface area contributed by atoms with Crippen LogP contribution in [0, 0.1) is 17.8 Å². The molecule has 0 saturated heterocycles. The van der Waals surface area contributed by atoms with E-state index in [0.717, 1.165) is 32.2 Å². The molecule has 0 radical (unpaired) electrons. The Labute approximate surface area is 109 Å². The fourth-order valence-electron chi connectivity index (χ4n) is 3.07. The molecule has 0 heterocycles. The maximum Gasteiger partial charge on any atom is 0.323 e. The van der Waals surface area contributed by atoms with Gasteiger partial charge in [0, 0.05) is 6.61 Å². The van der Waals surface area contributed by atoms with Gasteiger partial charge >= 0.3 is 5.97 Å². The number of aliphatic hydroxyl groups is 1. The van der Waals surface area contributed by atoms with Crippen molar-refractivity contribution < 1.29 is 14.6 Å². The van der Waals surface area contributed by atoms with E-state index in [2.05, 4.69) is 5.32 Å². The minimum Gasteiger partial charge on any atom is -0.468 e. The SMILES string of the molecule is COC(=O)C(NCC1CCCCC1CO)C1CC1.